The fraction of sp³-hybridized carbons (Fsp3) is 0.857. The van der Waals surface area contributed by atoms with E-state index in [1.165, 1.54) is 0 Å². The van der Waals surface area contributed by atoms with Gasteiger partial charge < -0.3 is 8.85 Å². The maximum atomic E-state index is 13.4. The maximum Gasteiger partial charge on any atom is 0.349 e. The molecular formula is C28H50O6Si. The molecule has 0 saturated carbocycles. The summed E-state index contributed by atoms with van der Waals surface area (Å²) in [5, 5.41) is -0.716. The standard InChI is InChI=1S/C28H50O6Si/c1-14-21(29)16(3)23(31)18(5)25-20(7)26(19(6)24(32)17(4)22(30)15-2)34-35(33-25,27(8,9)10)28(11,12)13/h16-20,25-26H,14-15H2,1-13H3/t16?,17?,18-,19-,20?,25-,26-/m0/s1. The fourth-order valence-corrected chi connectivity index (χ4v) is 11.1. The van der Waals surface area contributed by atoms with Crippen molar-refractivity contribution in [2.24, 2.45) is 29.6 Å². The van der Waals surface area contributed by atoms with Crippen molar-refractivity contribution in [2.75, 3.05) is 0 Å². The molecule has 0 aromatic heterocycles. The van der Waals surface area contributed by atoms with Crippen LogP contribution in [0.2, 0.25) is 10.1 Å². The Morgan fingerprint density at radius 3 is 1.20 bits per heavy atom. The second-order valence-corrected chi connectivity index (χ2v) is 17.3. The van der Waals surface area contributed by atoms with Crippen molar-refractivity contribution in [2.45, 2.75) is 125 Å². The van der Waals surface area contributed by atoms with Crippen molar-refractivity contribution in [1.29, 1.82) is 0 Å². The first kappa shape index (κ1) is 31.8. The molecule has 1 aliphatic rings. The van der Waals surface area contributed by atoms with Crippen LogP contribution in [-0.2, 0) is 28.0 Å². The third kappa shape index (κ3) is 6.21. The molecule has 6 atom stereocenters. The van der Waals surface area contributed by atoms with Crippen LogP contribution in [0.3, 0.4) is 0 Å². The van der Waals surface area contributed by atoms with E-state index in [0.29, 0.717) is 12.8 Å². The summed E-state index contributed by atoms with van der Waals surface area (Å²) in [5.74, 6) is -3.16. The topological polar surface area (TPSA) is 86.7 Å². The van der Waals surface area contributed by atoms with Crippen LogP contribution in [-0.4, -0.2) is 43.9 Å². The lowest BCUT2D eigenvalue weighted by Gasteiger charge is -2.58. The summed E-state index contributed by atoms with van der Waals surface area (Å²) in [7, 11) is -3.09. The van der Waals surface area contributed by atoms with Gasteiger partial charge in [0.15, 0.2) is 0 Å². The van der Waals surface area contributed by atoms with E-state index in [0.717, 1.165) is 0 Å². The Morgan fingerprint density at radius 2 is 0.971 bits per heavy atom. The summed E-state index contributed by atoms with van der Waals surface area (Å²) in [6.07, 6.45) is -0.370. The molecule has 1 aliphatic heterocycles. The highest BCUT2D eigenvalue weighted by molar-refractivity contribution is 6.73. The van der Waals surface area contributed by atoms with E-state index in [-0.39, 0.29) is 39.1 Å². The molecule has 202 valence electrons. The van der Waals surface area contributed by atoms with Crippen molar-refractivity contribution in [3.05, 3.63) is 0 Å². The lowest BCUT2D eigenvalue weighted by atomic mass is 9.77. The monoisotopic (exact) mass is 510 g/mol. The highest BCUT2D eigenvalue weighted by Crippen LogP contribution is 2.57. The van der Waals surface area contributed by atoms with Gasteiger partial charge in [0, 0.05) is 40.7 Å². The van der Waals surface area contributed by atoms with Crippen LogP contribution in [0.1, 0.15) is 103 Å². The van der Waals surface area contributed by atoms with E-state index in [4.69, 9.17) is 8.85 Å². The Bertz CT molecular complexity index is 739. The largest absolute Gasteiger partial charge is 0.389 e. The summed E-state index contributed by atoms with van der Waals surface area (Å²) >= 11 is 0. The first-order chi connectivity index (χ1) is 15.8. The number of rotatable bonds is 10. The van der Waals surface area contributed by atoms with Crippen molar-refractivity contribution >= 4 is 31.7 Å². The van der Waals surface area contributed by atoms with Crippen molar-refractivity contribution < 1.29 is 28.0 Å². The normalized spacial score (nSPS) is 26.4. The Morgan fingerprint density at radius 1 is 0.686 bits per heavy atom. The lowest BCUT2D eigenvalue weighted by Crippen LogP contribution is -2.68. The quantitative estimate of drug-likeness (QED) is 0.261. The first-order valence-electron chi connectivity index (χ1n) is 13.3. The zero-order chi connectivity index (χ0) is 27.7. The summed E-state index contributed by atoms with van der Waals surface area (Å²) < 4.78 is 13.9. The molecule has 0 amide bonds. The summed E-state index contributed by atoms with van der Waals surface area (Å²) in [6, 6.07) is 0. The third-order valence-corrected chi connectivity index (χ3v) is 13.2. The second-order valence-electron chi connectivity index (χ2n) is 12.6. The predicted molar refractivity (Wildman–Crippen MR) is 141 cm³/mol. The van der Waals surface area contributed by atoms with E-state index in [1.807, 2.05) is 20.8 Å². The van der Waals surface area contributed by atoms with Crippen LogP contribution in [0.4, 0.5) is 0 Å². The molecule has 0 aliphatic carbocycles. The zero-order valence-corrected chi connectivity index (χ0v) is 25.4. The Labute approximate surface area is 214 Å². The smallest absolute Gasteiger partial charge is 0.349 e. The lowest BCUT2D eigenvalue weighted by molar-refractivity contribution is -0.148. The van der Waals surface area contributed by atoms with E-state index < -0.39 is 44.4 Å². The summed E-state index contributed by atoms with van der Waals surface area (Å²) in [5.41, 5.74) is 0. The highest BCUT2D eigenvalue weighted by atomic mass is 28.4. The molecule has 0 aromatic carbocycles. The summed E-state index contributed by atoms with van der Waals surface area (Å²) in [4.78, 5) is 51.5. The number of hydrogen-bond acceptors (Lipinski definition) is 6. The summed E-state index contributed by atoms with van der Waals surface area (Å²) in [6.45, 7) is 25.1. The molecule has 7 heteroatoms. The molecule has 0 N–H and O–H groups in total. The van der Waals surface area contributed by atoms with Gasteiger partial charge in [-0.25, -0.2) is 0 Å². The fourth-order valence-electron chi connectivity index (χ4n) is 5.80. The number of carbonyl (C=O) groups excluding carboxylic acids is 4. The molecule has 0 radical (unpaired) electrons. The van der Waals surface area contributed by atoms with Crippen molar-refractivity contribution in [3.8, 4) is 0 Å². The van der Waals surface area contributed by atoms with Gasteiger partial charge in [0.05, 0.1) is 24.0 Å². The van der Waals surface area contributed by atoms with Crippen LogP contribution in [0, 0.1) is 29.6 Å². The van der Waals surface area contributed by atoms with Gasteiger partial charge in [-0.3, -0.25) is 19.2 Å². The van der Waals surface area contributed by atoms with Gasteiger partial charge in [0.2, 0.25) is 0 Å². The van der Waals surface area contributed by atoms with Crippen molar-refractivity contribution in [3.63, 3.8) is 0 Å². The van der Waals surface area contributed by atoms with Gasteiger partial charge in [-0.1, -0.05) is 76.2 Å². The highest BCUT2D eigenvalue weighted by Gasteiger charge is 2.65. The Kier molecular flexibility index (Phi) is 10.4. The SMILES string of the molecule is CCC(=O)C(C)C(=O)[C@H](C)[C@@H]1O[Si](C(C)(C)C)(C(C)(C)C)O[C@@H]([C@@H](C)C(=O)C(C)C(=O)CC)C1C. The molecule has 1 rings (SSSR count). The van der Waals surface area contributed by atoms with E-state index in [9.17, 15) is 19.2 Å². The molecule has 35 heavy (non-hydrogen) atoms. The third-order valence-electron chi connectivity index (χ3n) is 8.01. The van der Waals surface area contributed by atoms with Gasteiger partial charge in [0.1, 0.15) is 23.1 Å². The molecule has 1 saturated heterocycles. The molecule has 0 aromatic rings. The maximum absolute atomic E-state index is 13.4. The van der Waals surface area contributed by atoms with Crippen LogP contribution in [0.25, 0.3) is 0 Å². The van der Waals surface area contributed by atoms with Crippen LogP contribution in [0.15, 0.2) is 0 Å². The average Bonchev–Trinajstić information content (AvgIpc) is 2.78. The molecule has 0 spiro atoms. The molecular weight excluding hydrogens is 460 g/mol. The molecule has 2 unspecified atom stereocenters. The Hall–Kier alpha value is -1.18. The Balaban J connectivity index is 3.62. The molecule has 1 fully saturated rings. The number of ketones is 4. The van der Waals surface area contributed by atoms with E-state index >= 15 is 0 Å². The van der Waals surface area contributed by atoms with Crippen molar-refractivity contribution in [1.82, 2.24) is 0 Å². The van der Waals surface area contributed by atoms with Crippen LogP contribution < -0.4 is 0 Å². The number of Topliss-reactive ketones (excluding diaryl/α,β-unsaturated/α-hetero) is 4. The first-order valence-corrected chi connectivity index (χ1v) is 15.1. The zero-order valence-electron chi connectivity index (χ0n) is 24.4. The minimum absolute atomic E-state index is 0.0799. The average molecular weight is 511 g/mol. The van der Waals surface area contributed by atoms with Gasteiger partial charge in [-0.15, -0.1) is 0 Å². The van der Waals surface area contributed by atoms with Gasteiger partial charge >= 0.3 is 8.56 Å². The molecule has 0 bridgehead atoms. The predicted octanol–water partition coefficient (Wildman–Crippen LogP) is 6.09. The van der Waals surface area contributed by atoms with E-state index in [1.54, 1.807) is 27.7 Å². The van der Waals surface area contributed by atoms with Crippen LogP contribution in [0.5, 0.6) is 0 Å². The number of hydrogen-bond donors (Lipinski definition) is 0. The van der Waals surface area contributed by atoms with Gasteiger partial charge in [-0.05, 0) is 13.8 Å². The molecule has 6 nitrogen and oxygen atoms in total. The van der Waals surface area contributed by atoms with Gasteiger partial charge in [0.25, 0.3) is 0 Å². The van der Waals surface area contributed by atoms with E-state index in [2.05, 4.69) is 41.5 Å². The van der Waals surface area contributed by atoms with Crippen LogP contribution >= 0.6 is 0 Å². The minimum Gasteiger partial charge on any atom is -0.389 e. The van der Waals surface area contributed by atoms with Gasteiger partial charge in [-0.2, -0.15) is 0 Å². The minimum atomic E-state index is -3.09. The second kappa shape index (κ2) is 11.5. The number of carbonyl (C=O) groups is 4. The molecule has 1 heterocycles.